The lowest BCUT2D eigenvalue weighted by Crippen LogP contribution is -2.31. The Labute approximate surface area is 122 Å². The molecule has 0 saturated heterocycles. The predicted molar refractivity (Wildman–Crippen MR) is 76.9 cm³/mol. The highest BCUT2D eigenvalue weighted by molar-refractivity contribution is 6.31. The first kappa shape index (κ1) is 16.0. The van der Waals surface area contributed by atoms with Gasteiger partial charge >= 0.3 is 12.1 Å². The monoisotopic (exact) mass is 297 g/mol. The lowest BCUT2D eigenvalue weighted by Gasteiger charge is -2.16. The van der Waals surface area contributed by atoms with Crippen LogP contribution in [-0.4, -0.2) is 25.3 Å². The van der Waals surface area contributed by atoms with Gasteiger partial charge in [0.05, 0.1) is 7.11 Å². The Kier molecular flexibility index (Phi) is 5.58. The number of rotatable bonds is 4. The van der Waals surface area contributed by atoms with E-state index < -0.39 is 18.2 Å². The van der Waals surface area contributed by atoms with Crippen LogP contribution in [0.4, 0.5) is 10.5 Å². The Morgan fingerprint density at radius 2 is 2.05 bits per heavy atom. The number of methoxy groups -OCH3 is 1. The summed E-state index contributed by atoms with van der Waals surface area (Å²) in [6.07, 6.45) is -1.93. The second kappa shape index (κ2) is 6.96. The third-order valence-electron chi connectivity index (χ3n) is 2.51. The Morgan fingerprint density at radius 1 is 1.40 bits per heavy atom. The van der Waals surface area contributed by atoms with Gasteiger partial charge in [0.15, 0.2) is 0 Å². The summed E-state index contributed by atoms with van der Waals surface area (Å²) in [6.45, 7) is 7.00. The zero-order valence-electron chi connectivity index (χ0n) is 11.5. The molecule has 1 amide bonds. The van der Waals surface area contributed by atoms with E-state index in [2.05, 4.69) is 16.6 Å². The Bertz CT molecular complexity index is 542. The van der Waals surface area contributed by atoms with Crippen molar-refractivity contribution in [2.24, 2.45) is 0 Å². The zero-order valence-corrected chi connectivity index (χ0v) is 12.3. The molecule has 0 heterocycles. The molecule has 1 atom stereocenters. The highest BCUT2D eigenvalue weighted by Gasteiger charge is 2.24. The van der Waals surface area contributed by atoms with E-state index in [4.69, 9.17) is 16.3 Å². The average Bonchev–Trinajstić information content (AvgIpc) is 2.39. The summed E-state index contributed by atoms with van der Waals surface area (Å²) in [7, 11) is 1.21. The molecule has 1 aromatic carbocycles. The van der Waals surface area contributed by atoms with E-state index in [0.29, 0.717) is 16.3 Å². The summed E-state index contributed by atoms with van der Waals surface area (Å²) >= 11 is 5.95. The number of amides is 1. The smallest absolute Gasteiger partial charge is 0.412 e. The number of benzene rings is 1. The molecule has 108 valence electrons. The number of hydrogen-bond donors (Lipinski definition) is 1. The molecule has 0 radical (unpaired) electrons. The van der Waals surface area contributed by atoms with E-state index in [-0.39, 0.29) is 0 Å². The third-order valence-corrected chi connectivity index (χ3v) is 2.91. The third kappa shape index (κ3) is 4.28. The largest absolute Gasteiger partial charge is 0.466 e. The highest BCUT2D eigenvalue weighted by Crippen LogP contribution is 2.20. The van der Waals surface area contributed by atoms with Crippen molar-refractivity contribution in [1.29, 1.82) is 0 Å². The molecule has 1 aromatic rings. The van der Waals surface area contributed by atoms with Crippen LogP contribution < -0.4 is 5.32 Å². The standard InChI is InChI=1S/C14H16ClNO4/c1-8(2)12(13(17)19-4)20-14(18)16-10-6-5-9(3)11(15)7-10/h5-7,12H,1H2,2-4H3,(H,16,18). The number of anilines is 1. The van der Waals surface area contributed by atoms with Crippen molar-refractivity contribution in [3.8, 4) is 0 Å². The minimum atomic E-state index is -1.14. The maximum atomic E-state index is 11.7. The van der Waals surface area contributed by atoms with Gasteiger partial charge in [-0.1, -0.05) is 24.2 Å². The van der Waals surface area contributed by atoms with Crippen molar-refractivity contribution < 1.29 is 19.1 Å². The van der Waals surface area contributed by atoms with Gasteiger partial charge in [-0.2, -0.15) is 0 Å². The summed E-state index contributed by atoms with van der Waals surface area (Å²) < 4.78 is 9.51. The van der Waals surface area contributed by atoms with Gasteiger partial charge in [-0.15, -0.1) is 0 Å². The van der Waals surface area contributed by atoms with Crippen molar-refractivity contribution >= 4 is 29.4 Å². The molecule has 1 N–H and O–H groups in total. The number of halogens is 1. The number of aryl methyl sites for hydroxylation is 1. The number of carbonyl (C=O) groups excluding carboxylic acids is 2. The van der Waals surface area contributed by atoms with Gasteiger partial charge in [0.1, 0.15) is 0 Å². The molecule has 0 fully saturated rings. The van der Waals surface area contributed by atoms with Gasteiger partial charge in [-0.25, -0.2) is 9.59 Å². The summed E-state index contributed by atoms with van der Waals surface area (Å²) in [6, 6.07) is 5.02. The molecule has 0 aliphatic heterocycles. The molecule has 1 rings (SSSR count). The Morgan fingerprint density at radius 3 is 2.55 bits per heavy atom. The van der Waals surface area contributed by atoms with Gasteiger partial charge in [0, 0.05) is 10.7 Å². The molecular formula is C14H16ClNO4. The molecule has 0 aliphatic carbocycles. The van der Waals surface area contributed by atoms with Gasteiger partial charge in [-0.05, 0) is 37.1 Å². The minimum Gasteiger partial charge on any atom is -0.466 e. The molecule has 0 spiro atoms. The van der Waals surface area contributed by atoms with Crippen molar-refractivity contribution in [3.63, 3.8) is 0 Å². The van der Waals surface area contributed by atoms with Crippen LogP contribution in [0.3, 0.4) is 0 Å². The summed E-state index contributed by atoms with van der Waals surface area (Å²) in [5.41, 5.74) is 1.73. The van der Waals surface area contributed by atoms with E-state index in [1.807, 2.05) is 6.92 Å². The first-order valence-electron chi connectivity index (χ1n) is 5.82. The maximum Gasteiger partial charge on any atom is 0.412 e. The minimum absolute atomic E-state index is 0.369. The summed E-state index contributed by atoms with van der Waals surface area (Å²) in [5.74, 6) is -0.686. The molecule has 0 bridgehead atoms. The van der Waals surface area contributed by atoms with E-state index in [0.717, 1.165) is 5.56 Å². The average molecular weight is 298 g/mol. The second-order valence-corrected chi connectivity index (χ2v) is 4.65. The molecule has 6 heteroatoms. The highest BCUT2D eigenvalue weighted by atomic mass is 35.5. The fraction of sp³-hybridized carbons (Fsp3) is 0.286. The fourth-order valence-electron chi connectivity index (χ4n) is 1.38. The van der Waals surface area contributed by atoms with Gasteiger partial charge in [0.25, 0.3) is 0 Å². The van der Waals surface area contributed by atoms with E-state index in [1.54, 1.807) is 25.1 Å². The van der Waals surface area contributed by atoms with Crippen molar-refractivity contribution in [3.05, 3.63) is 40.9 Å². The number of carbonyl (C=O) groups is 2. The number of nitrogens with one attached hydrogen (secondary N) is 1. The van der Waals surface area contributed by atoms with Gasteiger partial charge in [-0.3, -0.25) is 5.32 Å². The van der Waals surface area contributed by atoms with Crippen molar-refractivity contribution in [2.75, 3.05) is 12.4 Å². The van der Waals surface area contributed by atoms with Crippen LogP contribution in [-0.2, 0) is 14.3 Å². The summed E-state index contributed by atoms with van der Waals surface area (Å²) in [4.78, 5) is 23.1. The molecule has 0 aliphatic rings. The second-order valence-electron chi connectivity index (χ2n) is 4.24. The molecule has 0 aromatic heterocycles. The van der Waals surface area contributed by atoms with E-state index in [9.17, 15) is 9.59 Å². The van der Waals surface area contributed by atoms with Crippen LogP contribution in [0.5, 0.6) is 0 Å². The molecular weight excluding hydrogens is 282 g/mol. The number of ether oxygens (including phenoxy) is 2. The van der Waals surface area contributed by atoms with Gasteiger partial charge < -0.3 is 9.47 Å². The zero-order chi connectivity index (χ0) is 15.3. The van der Waals surface area contributed by atoms with Crippen LogP contribution >= 0.6 is 11.6 Å². The molecule has 1 unspecified atom stereocenters. The first-order chi connectivity index (χ1) is 9.35. The Hall–Kier alpha value is -2.01. The van der Waals surface area contributed by atoms with Gasteiger partial charge in [0.2, 0.25) is 6.10 Å². The Balaban J connectivity index is 2.73. The van der Waals surface area contributed by atoms with Crippen LogP contribution in [0.25, 0.3) is 0 Å². The number of esters is 1. The quantitative estimate of drug-likeness (QED) is 0.684. The fourth-order valence-corrected chi connectivity index (χ4v) is 1.56. The lowest BCUT2D eigenvalue weighted by molar-refractivity contribution is -0.148. The topological polar surface area (TPSA) is 64.6 Å². The van der Waals surface area contributed by atoms with Crippen molar-refractivity contribution in [2.45, 2.75) is 20.0 Å². The predicted octanol–water partition coefficient (Wildman–Crippen LogP) is 3.31. The molecule has 5 nitrogen and oxygen atoms in total. The van der Waals surface area contributed by atoms with E-state index in [1.165, 1.54) is 7.11 Å². The maximum absolute atomic E-state index is 11.7. The first-order valence-corrected chi connectivity index (χ1v) is 6.20. The molecule has 0 saturated carbocycles. The summed E-state index contributed by atoms with van der Waals surface area (Å²) in [5, 5.41) is 3.00. The van der Waals surface area contributed by atoms with Crippen LogP contribution in [0.15, 0.2) is 30.4 Å². The van der Waals surface area contributed by atoms with Crippen LogP contribution in [0, 0.1) is 6.92 Å². The lowest BCUT2D eigenvalue weighted by atomic mass is 10.2. The van der Waals surface area contributed by atoms with Crippen LogP contribution in [0.1, 0.15) is 12.5 Å². The molecule has 20 heavy (non-hydrogen) atoms. The van der Waals surface area contributed by atoms with Crippen LogP contribution in [0.2, 0.25) is 5.02 Å². The number of hydrogen-bond acceptors (Lipinski definition) is 4. The normalized spacial score (nSPS) is 11.4. The SMILES string of the molecule is C=C(C)C(OC(=O)Nc1ccc(C)c(Cl)c1)C(=O)OC. The van der Waals surface area contributed by atoms with Crippen molar-refractivity contribution in [1.82, 2.24) is 0 Å². The van der Waals surface area contributed by atoms with E-state index >= 15 is 0 Å².